The Kier molecular flexibility index (Phi) is 4.67. The molecule has 176 valence electrons. The Hall–Kier alpha value is -2.93. The van der Waals surface area contributed by atoms with Crippen molar-refractivity contribution in [1.29, 1.82) is 0 Å². The van der Waals surface area contributed by atoms with Crippen LogP contribution in [0.15, 0.2) is 40.5 Å². The molecule has 1 aromatic carbocycles. The Labute approximate surface area is 187 Å². The van der Waals surface area contributed by atoms with Gasteiger partial charge in [0.15, 0.2) is 6.04 Å². The van der Waals surface area contributed by atoms with Gasteiger partial charge in [0.25, 0.3) is 5.91 Å². The minimum atomic E-state index is -4.60. The van der Waals surface area contributed by atoms with E-state index in [9.17, 15) is 26.4 Å². The predicted molar refractivity (Wildman–Crippen MR) is 112 cm³/mol. The molecule has 3 aliphatic rings. The summed E-state index contributed by atoms with van der Waals surface area (Å²) in [5, 5.41) is 4.04. The Morgan fingerprint density at radius 2 is 2.00 bits per heavy atom. The zero-order valence-electron chi connectivity index (χ0n) is 17.8. The second-order valence-electron chi connectivity index (χ2n) is 8.83. The van der Waals surface area contributed by atoms with Crippen molar-refractivity contribution in [3.05, 3.63) is 41.7 Å². The molecule has 1 aliphatic carbocycles. The van der Waals surface area contributed by atoms with E-state index in [0.29, 0.717) is 18.4 Å². The average molecular weight is 482 g/mol. The fourth-order valence-corrected chi connectivity index (χ4v) is 5.55. The SMILES string of the molecule is Cn1cc(CN2C(=O)c3cc(S(=O)(=O)NC4(C)CC4)ccc3N3C2=NC[C@H]3C(F)(F)F)cn1. The Morgan fingerprint density at radius 1 is 1.27 bits per heavy atom. The largest absolute Gasteiger partial charge is 0.411 e. The van der Waals surface area contributed by atoms with Crippen LogP contribution in [0.2, 0.25) is 0 Å². The first kappa shape index (κ1) is 21.9. The van der Waals surface area contributed by atoms with Gasteiger partial charge in [-0.05, 0) is 38.0 Å². The third kappa shape index (κ3) is 3.78. The smallest absolute Gasteiger partial charge is 0.297 e. The number of rotatable bonds is 5. The summed E-state index contributed by atoms with van der Waals surface area (Å²) in [6.07, 6.45) is -0.0719. The van der Waals surface area contributed by atoms with Crippen molar-refractivity contribution in [3.63, 3.8) is 0 Å². The molecule has 9 nitrogen and oxygen atoms in total. The molecule has 1 N–H and O–H groups in total. The highest BCUT2D eigenvalue weighted by atomic mass is 32.2. The average Bonchev–Trinajstić information content (AvgIpc) is 3.11. The number of nitrogens with one attached hydrogen (secondary N) is 1. The predicted octanol–water partition coefficient (Wildman–Crippen LogP) is 2.01. The number of anilines is 1. The van der Waals surface area contributed by atoms with Crippen LogP contribution in [0.5, 0.6) is 0 Å². The van der Waals surface area contributed by atoms with E-state index in [2.05, 4.69) is 14.8 Å². The molecule has 13 heteroatoms. The molecule has 5 rings (SSSR count). The number of carbonyl (C=O) groups is 1. The second-order valence-corrected chi connectivity index (χ2v) is 10.5. The van der Waals surface area contributed by atoms with E-state index in [1.807, 2.05) is 0 Å². The second kappa shape index (κ2) is 7.03. The number of aliphatic imine (C=N–C) groups is 1. The van der Waals surface area contributed by atoms with Gasteiger partial charge in [-0.2, -0.15) is 18.3 Å². The highest BCUT2D eigenvalue weighted by Crippen LogP contribution is 2.41. The number of halogens is 3. The maximum absolute atomic E-state index is 13.8. The van der Waals surface area contributed by atoms with Crippen molar-refractivity contribution < 1.29 is 26.4 Å². The molecule has 0 radical (unpaired) electrons. The van der Waals surface area contributed by atoms with Crippen LogP contribution in [0.25, 0.3) is 0 Å². The molecular formula is C20H21F3N6O3S. The van der Waals surface area contributed by atoms with Crippen LogP contribution < -0.4 is 9.62 Å². The number of nitrogens with zero attached hydrogens (tertiary/aromatic N) is 5. The molecule has 0 bridgehead atoms. The summed E-state index contributed by atoms with van der Waals surface area (Å²) in [5.74, 6) is -0.737. The summed E-state index contributed by atoms with van der Waals surface area (Å²) in [5.41, 5.74) is -0.0868. The van der Waals surface area contributed by atoms with Crippen LogP contribution >= 0.6 is 0 Å². The van der Waals surface area contributed by atoms with Crippen LogP contribution in [0.1, 0.15) is 35.7 Å². The third-order valence-electron chi connectivity index (χ3n) is 6.05. The zero-order valence-corrected chi connectivity index (χ0v) is 18.6. The lowest BCUT2D eigenvalue weighted by atomic mass is 10.1. The Morgan fingerprint density at radius 3 is 2.61 bits per heavy atom. The summed E-state index contributed by atoms with van der Waals surface area (Å²) in [6.45, 7) is 1.15. The monoisotopic (exact) mass is 482 g/mol. The molecule has 1 saturated carbocycles. The third-order valence-corrected chi connectivity index (χ3v) is 7.68. The number of guanidine groups is 1. The van der Waals surface area contributed by atoms with Gasteiger partial charge in [0, 0.05) is 24.3 Å². The van der Waals surface area contributed by atoms with Crippen LogP contribution in [0, 0.1) is 0 Å². The lowest BCUT2D eigenvalue weighted by molar-refractivity contribution is -0.142. The zero-order chi connectivity index (χ0) is 23.8. The standard InChI is InChI=1S/C20H21F3N6O3S/c1-19(5-6-19)26-33(31,32)13-3-4-15-14(7-13)17(30)28(11-12-8-25-27(2)10-12)18-24-9-16(29(15)18)20(21,22)23/h3-4,7-8,10,16,26H,5-6,9,11H2,1-2H3/t16-/m0/s1. The van der Waals surface area contributed by atoms with Crippen molar-refractivity contribution in [2.45, 2.75) is 49.0 Å². The summed E-state index contributed by atoms with van der Waals surface area (Å²) in [4.78, 5) is 19.4. The molecule has 0 unspecified atom stereocenters. The van der Waals surface area contributed by atoms with Crippen molar-refractivity contribution in [1.82, 2.24) is 19.4 Å². The van der Waals surface area contributed by atoms with Gasteiger partial charge in [-0.1, -0.05) is 0 Å². The fourth-order valence-electron chi connectivity index (χ4n) is 4.06. The van der Waals surface area contributed by atoms with Crippen molar-refractivity contribution in [2.75, 3.05) is 11.4 Å². The van der Waals surface area contributed by atoms with Gasteiger partial charge in [-0.3, -0.25) is 19.3 Å². The molecule has 2 aliphatic heterocycles. The summed E-state index contributed by atoms with van der Waals surface area (Å²) < 4.78 is 71.2. The lowest BCUT2D eigenvalue weighted by Gasteiger charge is -2.39. The quantitative estimate of drug-likeness (QED) is 0.703. The number of benzene rings is 1. The maximum atomic E-state index is 13.8. The lowest BCUT2D eigenvalue weighted by Crippen LogP contribution is -2.56. The molecule has 1 atom stereocenters. The highest BCUT2D eigenvalue weighted by molar-refractivity contribution is 7.89. The number of alkyl halides is 3. The van der Waals surface area contributed by atoms with E-state index in [1.165, 1.54) is 23.0 Å². The molecule has 33 heavy (non-hydrogen) atoms. The first-order chi connectivity index (χ1) is 15.4. The van der Waals surface area contributed by atoms with Crippen LogP contribution in [-0.2, 0) is 23.6 Å². The number of amides is 1. The number of aryl methyl sites for hydroxylation is 1. The molecule has 1 amide bonds. The molecule has 1 fully saturated rings. The van der Waals surface area contributed by atoms with Gasteiger partial charge < -0.3 is 0 Å². The number of fused-ring (bicyclic) bond motifs is 3. The summed E-state index contributed by atoms with van der Waals surface area (Å²) in [7, 11) is -2.27. The first-order valence-electron chi connectivity index (χ1n) is 10.3. The highest BCUT2D eigenvalue weighted by Gasteiger charge is 2.53. The van der Waals surface area contributed by atoms with Crippen molar-refractivity contribution in [3.8, 4) is 0 Å². The molecule has 1 aromatic heterocycles. The van der Waals surface area contributed by atoms with Crippen molar-refractivity contribution >= 4 is 27.6 Å². The molecule has 2 aromatic rings. The maximum Gasteiger partial charge on any atom is 0.411 e. The minimum Gasteiger partial charge on any atom is -0.297 e. The number of hydrogen-bond donors (Lipinski definition) is 1. The van der Waals surface area contributed by atoms with Crippen LogP contribution in [0.3, 0.4) is 0 Å². The van der Waals surface area contributed by atoms with E-state index in [4.69, 9.17) is 0 Å². The topological polar surface area (TPSA) is 99.9 Å². The Balaban J connectivity index is 1.59. The summed E-state index contributed by atoms with van der Waals surface area (Å²) in [6, 6.07) is 1.66. The number of carbonyl (C=O) groups excluding carboxylic acids is 1. The summed E-state index contributed by atoms with van der Waals surface area (Å²) >= 11 is 0. The molecule has 0 saturated heterocycles. The Bertz CT molecular complexity index is 1280. The van der Waals surface area contributed by atoms with E-state index >= 15 is 0 Å². The van der Waals surface area contributed by atoms with Crippen LogP contribution in [-0.4, -0.2) is 59.3 Å². The van der Waals surface area contributed by atoms with Gasteiger partial charge in [0.1, 0.15) is 0 Å². The van der Waals surface area contributed by atoms with E-state index in [1.54, 1.807) is 20.2 Å². The van der Waals surface area contributed by atoms with E-state index < -0.39 is 40.2 Å². The number of hydrogen-bond acceptors (Lipinski definition) is 6. The number of sulfonamides is 1. The van der Waals surface area contributed by atoms with Gasteiger partial charge in [0.05, 0.1) is 35.4 Å². The normalized spacial score (nSPS) is 21.7. The van der Waals surface area contributed by atoms with Gasteiger partial charge in [-0.15, -0.1) is 0 Å². The molecular weight excluding hydrogens is 461 g/mol. The van der Waals surface area contributed by atoms with Gasteiger partial charge in [-0.25, -0.2) is 18.1 Å². The van der Waals surface area contributed by atoms with Gasteiger partial charge in [0.2, 0.25) is 16.0 Å². The fraction of sp³-hybridized carbons (Fsp3) is 0.450. The minimum absolute atomic E-state index is 0.0161. The molecule has 0 spiro atoms. The van der Waals surface area contributed by atoms with E-state index in [0.717, 1.165) is 15.9 Å². The van der Waals surface area contributed by atoms with Crippen LogP contribution in [0.4, 0.5) is 18.9 Å². The first-order valence-corrected chi connectivity index (χ1v) is 11.7. The molecule has 3 heterocycles. The van der Waals surface area contributed by atoms with E-state index in [-0.39, 0.29) is 28.7 Å². The number of aromatic nitrogens is 2. The van der Waals surface area contributed by atoms with Gasteiger partial charge >= 0.3 is 6.18 Å². The van der Waals surface area contributed by atoms with Crippen molar-refractivity contribution in [2.24, 2.45) is 12.0 Å².